The lowest BCUT2D eigenvalue weighted by Gasteiger charge is -2.39. The fourth-order valence-corrected chi connectivity index (χ4v) is 4.33. The smallest absolute Gasteiger partial charge is 0.290 e. The number of nitrogens with two attached hydrogens (primary N) is 2. The highest BCUT2D eigenvalue weighted by molar-refractivity contribution is 6.31. The summed E-state index contributed by atoms with van der Waals surface area (Å²) < 4.78 is 11.2. The van der Waals surface area contributed by atoms with E-state index in [9.17, 15) is 9.59 Å². The second kappa shape index (κ2) is 9.46. The molecule has 3 aromatic rings. The monoisotopic (exact) mass is 510 g/mol. The maximum absolute atomic E-state index is 12.9. The van der Waals surface area contributed by atoms with Crippen LogP contribution >= 0.6 is 11.6 Å². The maximum Gasteiger partial charge on any atom is 0.290 e. The zero-order valence-corrected chi connectivity index (χ0v) is 19.9. The first kappa shape index (κ1) is 23.5. The maximum atomic E-state index is 12.9. The molecule has 0 saturated carbocycles. The van der Waals surface area contributed by atoms with Crippen LogP contribution in [0.25, 0.3) is 0 Å². The second-order valence-corrected chi connectivity index (χ2v) is 8.96. The van der Waals surface area contributed by atoms with E-state index in [1.165, 1.54) is 0 Å². The Hall–Kier alpha value is -4.19. The molecule has 13 heteroatoms. The number of anilines is 2. The summed E-state index contributed by atoms with van der Waals surface area (Å²) in [5.41, 5.74) is 11.0. The number of rotatable bonds is 6. The molecule has 0 radical (unpaired) electrons. The molecule has 12 nitrogen and oxygen atoms in total. The van der Waals surface area contributed by atoms with Gasteiger partial charge in [0, 0.05) is 25.4 Å². The Bertz CT molecular complexity index is 1340. The predicted octanol–water partition coefficient (Wildman–Crippen LogP) is 2.32. The zero-order valence-electron chi connectivity index (χ0n) is 19.1. The highest BCUT2D eigenvalue weighted by atomic mass is 35.5. The van der Waals surface area contributed by atoms with Gasteiger partial charge in [-0.3, -0.25) is 19.6 Å². The number of hydrogen-bond acceptors (Lipinski definition) is 11. The van der Waals surface area contributed by atoms with Gasteiger partial charge in [-0.05, 0) is 31.0 Å². The van der Waals surface area contributed by atoms with Gasteiger partial charge in [-0.1, -0.05) is 11.6 Å². The number of amidine groups is 1. The van der Waals surface area contributed by atoms with Crippen molar-refractivity contribution >= 4 is 40.8 Å². The van der Waals surface area contributed by atoms with Crippen LogP contribution in [0.3, 0.4) is 0 Å². The Morgan fingerprint density at radius 2 is 1.97 bits per heavy atom. The summed E-state index contributed by atoms with van der Waals surface area (Å²) in [7, 11) is 0. The molecule has 186 valence electrons. The standard InChI is InChI=1S/C23H23ClN8O4/c24-19-21(26)30-20(25)18(29-19)14(33)10-16-28-12-23(31-16)5-8-32(9-6-23)22(34)15-3-4-17(36-15)35-13-2-1-7-27-11-13/h1-4,7,11H,5-6,8-10,12H2,(H,28,31)(H4,25,26,30). The van der Waals surface area contributed by atoms with Crippen molar-refractivity contribution in [2.75, 3.05) is 31.1 Å². The first-order chi connectivity index (χ1) is 17.3. The summed E-state index contributed by atoms with van der Waals surface area (Å²) in [6.07, 6.45) is 4.50. The number of furan rings is 1. The van der Waals surface area contributed by atoms with Crippen molar-refractivity contribution in [3.8, 4) is 11.7 Å². The number of Topliss-reactive ketones (excluding diaryl/α,β-unsaturated/α-hetero) is 1. The molecule has 1 fully saturated rings. The minimum absolute atomic E-state index is 0.0182. The third-order valence-corrected chi connectivity index (χ3v) is 6.41. The Kier molecular flexibility index (Phi) is 6.18. The van der Waals surface area contributed by atoms with Crippen LogP contribution in [0.5, 0.6) is 11.7 Å². The van der Waals surface area contributed by atoms with Crippen molar-refractivity contribution in [3.05, 3.63) is 53.3 Å². The first-order valence-electron chi connectivity index (χ1n) is 11.2. The molecule has 5 rings (SSSR count). The van der Waals surface area contributed by atoms with Crippen LogP contribution in [0.2, 0.25) is 5.15 Å². The van der Waals surface area contributed by atoms with E-state index in [4.69, 9.17) is 32.2 Å². The lowest BCUT2D eigenvalue weighted by Crippen LogP contribution is -2.54. The van der Waals surface area contributed by atoms with Gasteiger partial charge in [-0.2, -0.15) is 0 Å². The largest absolute Gasteiger partial charge is 0.424 e. The molecular weight excluding hydrogens is 488 g/mol. The molecule has 0 unspecified atom stereocenters. The van der Waals surface area contributed by atoms with Gasteiger partial charge in [0.15, 0.2) is 34.0 Å². The number of hydrogen-bond donors (Lipinski definition) is 3. The van der Waals surface area contributed by atoms with Crippen LogP contribution in [0.15, 0.2) is 46.1 Å². The number of likely N-dealkylation sites (tertiary alicyclic amines) is 1. The highest BCUT2D eigenvalue weighted by Crippen LogP contribution is 2.29. The highest BCUT2D eigenvalue weighted by Gasteiger charge is 2.40. The number of carbonyl (C=O) groups is 2. The van der Waals surface area contributed by atoms with Crippen molar-refractivity contribution < 1.29 is 18.7 Å². The molecule has 0 aromatic carbocycles. The number of pyridine rings is 1. The number of carbonyl (C=O) groups excluding carboxylic acids is 2. The number of ether oxygens (including phenoxy) is 1. The van der Waals surface area contributed by atoms with Crippen molar-refractivity contribution in [3.63, 3.8) is 0 Å². The molecule has 0 atom stereocenters. The number of nitrogens with zero attached hydrogens (tertiary/aromatic N) is 5. The molecule has 36 heavy (non-hydrogen) atoms. The lowest BCUT2D eigenvalue weighted by atomic mass is 9.88. The van der Waals surface area contributed by atoms with Crippen molar-refractivity contribution in [2.24, 2.45) is 4.99 Å². The summed E-state index contributed by atoms with van der Waals surface area (Å²) in [5.74, 6) is 0.788. The number of nitrogen functional groups attached to an aromatic ring is 2. The molecule has 5 heterocycles. The normalized spacial score (nSPS) is 16.5. The number of aromatic nitrogens is 3. The predicted molar refractivity (Wildman–Crippen MR) is 131 cm³/mol. The third kappa shape index (κ3) is 4.80. The van der Waals surface area contributed by atoms with Crippen molar-refractivity contribution in [1.82, 2.24) is 25.2 Å². The third-order valence-electron chi connectivity index (χ3n) is 6.13. The summed E-state index contributed by atoms with van der Waals surface area (Å²) in [4.78, 5) is 43.7. The quantitative estimate of drug-likeness (QED) is 0.417. The minimum Gasteiger partial charge on any atom is -0.424 e. The molecule has 3 aromatic heterocycles. The van der Waals surface area contributed by atoms with Gasteiger partial charge in [0.25, 0.3) is 11.9 Å². The summed E-state index contributed by atoms with van der Waals surface area (Å²) in [5, 5.41) is 3.30. The van der Waals surface area contributed by atoms with E-state index in [1.54, 1.807) is 41.6 Å². The number of aliphatic imine (C=N–C) groups is 1. The summed E-state index contributed by atoms with van der Waals surface area (Å²) in [6.45, 7) is 1.52. The minimum atomic E-state index is -0.361. The average molecular weight is 511 g/mol. The molecule has 0 bridgehead atoms. The molecule has 0 aliphatic carbocycles. The van der Waals surface area contributed by atoms with Crippen molar-refractivity contribution in [2.45, 2.75) is 24.8 Å². The van der Waals surface area contributed by atoms with E-state index in [-0.39, 0.29) is 57.8 Å². The Labute approximate surface area is 210 Å². The number of amides is 1. The first-order valence-corrected chi connectivity index (χ1v) is 11.6. The molecule has 5 N–H and O–H groups in total. The summed E-state index contributed by atoms with van der Waals surface area (Å²) in [6, 6.07) is 6.68. The topological polar surface area (TPSA) is 175 Å². The molecule has 2 aliphatic rings. The number of halogens is 1. The average Bonchev–Trinajstić information content (AvgIpc) is 3.49. The van der Waals surface area contributed by atoms with Gasteiger partial charge < -0.3 is 30.8 Å². The fourth-order valence-electron chi connectivity index (χ4n) is 4.20. The van der Waals surface area contributed by atoms with Gasteiger partial charge in [0.05, 0.1) is 24.7 Å². The van der Waals surface area contributed by atoms with Gasteiger partial charge in [-0.25, -0.2) is 9.97 Å². The van der Waals surface area contributed by atoms with E-state index in [2.05, 4.69) is 25.3 Å². The lowest BCUT2D eigenvalue weighted by molar-refractivity contribution is 0.0632. The Morgan fingerprint density at radius 3 is 2.72 bits per heavy atom. The number of ketones is 1. The SMILES string of the molecule is Nc1nc(N)c(C(=O)CC2=NCC3(CCN(C(=O)c4ccc(Oc5cccnc5)o4)CC3)N2)nc1Cl. The van der Waals surface area contributed by atoms with Gasteiger partial charge in [0.1, 0.15) is 11.6 Å². The molecular formula is C23H23ClN8O4. The van der Waals surface area contributed by atoms with Crippen LogP contribution < -0.4 is 21.5 Å². The van der Waals surface area contributed by atoms with E-state index < -0.39 is 0 Å². The Balaban J connectivity index is 1.15. The van der Waals surface area contributed by atoms with E-state index in [0.717, 1.165) is 0 Å². The zero-order chi connectivity index (χ0) is 25.3. The van der Waals surface area contributed by atoms with Crippen LogP contribution in [0, 0.1) is 0 Å². The van der Waals surface area contributed by atoms with Gasteiger partial charge >= 0.3 is 0 Å². The second-order valence-electron chi connectivity index (χ2n) is 8.60. The van der Waals surface area contributed by atoms with Crippen LogP contribution in [-0.2, 0) is 0 Å². The number of nitrogens with one attached hydrogen (secondary N) is 1. The molecule has 1 saturated heterocycles. The fraction of sp³-hybridized carbons (Fsp3) is 0.304. The van der Waals surface area contributed by atoms with E-state index in [1.807, 2.05) is 0 Å². The van der Waals surface area contributed by atoms with Gasteiger partial charge in [0.2, 0.25) is 0 Å². The van der Waals surface area contributed by atoms with Gasteiger partial charge in [-0.15, -0.1) is 0 Å². The van der Waals surface area contributed by atoms with Crippen LogP contribution in [-0.4, -0.2) is 62.6 Å². The number of piperidine rings is 1. The molecule has 2 aliphatic heterocycles. The molecule has 1 amide bonds. The van der Waals surface area contributed by atoms with Crippen molar-refractivity contribution in [1.29, 1.82) is 0 Å². The summed E-state index contributed by atoms with van der Waals surface area (Å²) >= 11 is 5.88. The molecule has 1 spiro atoms. The van der Waals surface area contributed by atoms with Crippen LogP contribution in [0.4, 0.5) is 11.6 Å². The van der Waals surface area contributed by atoms with E-state index in [0.29, 0.717) is 44.1 Å². The van der Waals surface area contributed by atoms with Crippen LogP contribution in [0.1, 0.15) is 40.3 Å². The van der Waals surface area contributed by atoms with E-state index >= 15 is 0 Å². The Morgan fingerprint density at radius 1 is 1.17 bits per heavy atom.